The van der Waals surface area contributed by atoms with Crippen molar-refractivity contribution in [3.8, 4) is 0 Å². The molecule has 0 bridgehead atoms. The van der Waals surface area contributed by atoms with E-state index in [-0.39, 0.29) is 22.3 Å². The highest BCUT2D eigenvalue weighted by atomic mass is 32.2. The third-order valence-corrected chi connectivity index (χ3v) is 6.76. The molecule has 0 aromatic heterocycles. The highest BCUT2D eigenvalue weighted by molar-refractivity contribution is 7.99. The van der Waals surface area contributed by atoms with Gasteiger partial charge in [0.25, 0.3) is 5.69 Å². The smallest absolute Gasteiger partial charge is 0.293 e. The molecule has 7 nitrogen and oxygen atoms in total. The summed E-state index contributed by atoms with van der Waals surface area (Å²) in [5.41, 5.74) is 5.60. The maximum Gasteiger partial charge on any atom is 0.293 e. The zero-order chi connectivity index (χ0) is 15.8. The van der Waals surface area contributed by atoms with Gasteiger partial charge in [-0.25, -0.2) is 8.42 Å². The van der Waals surface area contributed by atoms with E-state index >= 15 is 0 Å². The second-order valence-corrected chi connectivity index (χ2v) is 7.98. The van der Waals surface area contributed by atoms with E-state index in [4.69, 9.17) is 5.73 Å². The van der Waals surface area contributed by atoms with Crippen LogP contribution >= 0.6 is 11.8 Å². The number of nitrogen functional groups attached to an aromatic ring is 1. The molecule has 0 amide bonds. The van der Waals surface area contributed by atoms with Crippen LogP contribution in [0.15, 0.2) is 17.0 Å². The number of sulfonamides is 1. The number of benzene rings is 1. The number of nitrogens with two attached hydrogens (primary N) is 1. The lowest BCUT2D eigenvalue weighted by Gasteiger charge is -2.32. The predicted molar refractivity (Wildman–Crippen MR) is 82.9 cm³/mol. The Bertz CT molecular complexity index is 675. The van der Waals surface area contributed by atoms with Gasteiger partial charge < -0.3 is 5.73 Å². The number of anilines is 1. The summed E-state index contributed by atoms with van der Waals surface area (Å²) >= 11 is 1.70. The Labute approximate surface area is 127 Å². The Morgan fingerprint density at radius 3 is 2.71 bits per heavy atom. The van der Waals surface area contributed by atoms with Crippen LogP contribution in [-0.4, -0.2) is 41.7 Å². The molecule has 116 valence electrons. The van der Waals surface area contributed by atoms with Crippen LogP contribution in [-0.2, 0) is 10.0 Å². The molecule has 0 radical (unpaired) electrons. The van der Waals surface area contributed by atoms with Crippen LogP contribution in [0.4, 0.5) is 11.4 Å². The van der Waals surface area contributed by atoms with E-state index in [0.717, 1.165) is 17.6 Å². The van der Waals surface area contributed by atoms with Crippen molar-refractivity contribution in [1.29, 1.82) is 0 Å². The number of aryl methyl sites for hydroxylation is 1. The first-order valence-corrected chi connectivity index (χ1v) is 8.98. The Kier molecular flexibility index (Phi) is 4.45. The van der Waals surface area contributed by atoms with Crippen molar-refractivity contribution in [2.24, 2.45) is 0 Å². The van der Waals surface area contributed by atoms with Crippen molar-refractivity contribution < 1.29 is 13.3 Å². The number of hydrogen-bond acceptors (Lipinski definition) is 6. The minimum absolute atomic E-state index is 0.0290. The fourth-order valence-corrected chi connectivity index (χ4v) is 5.41. The molecule has 1 aromatic carbocycles. The van der Waals surface area contributed by atoms with E-state index in [1.54, 1.807) is 18.7 Å². The first-order valence-electron chi connectivity index (χ1n) is 6.39. The van der Waals surface area contributed by atoms with Gasteiger partial charge in [0.2, 0.25) is 10.0 Å². The summed E-state index contributed by atoms with van der Waals surface area (Å²) in [7, 11) is -3.75. The summed E-state index contributed by atoms with van der Waals surface area (Å²) in [5.74, 6) is 1.44. The van der Waals surface area contributed by atoms with Crippen LogP contribution in [0, 0.1) is 17.0 Å². The summed E-state index contributed by atoms with van der Waals surface area (Å²) in [6, 6.07) is 2.27. The zero-order valence-electron chi connectivity index (χ0n) is 11.8. The molecule has 2 N–H and O–H groups in total. The topological polar surface area (TPSA) is 107 Å². The number of hydrogen-bond donors (Lipinski definition) is 1. The average molecular weight is 331 g/mol. The molecule has 1 saturated heterocycles. The molecule has 0 saturated carbocycles. The number of nitrogens with zero attached hydrogens (tertiary/aromatic N) is 2. The molecule has 1 atom stereocenters. The molecule has 1 aromatic rings. The monoisotopic (exact) mass is 331 g/mol. The lowest BCUT2D eigenvalue weighted by Crippen LogP contribution is -2.44. The largest absolute Gasteiger partial charge is 0.393 e. The van der Waals surface area contributed by atoms with Crippen LogP contribution in [0.5, 0.6) is 0 Å². The fraction of sp³-hybridized carbons (Fsp3) is 0.500. The van der Waals surface area contributed by atoms with E-state index in [9.17, 15) is 18.5 Å². The summed E-state index contributed by atoms with van der Waals surface area (Å²) in [6.45, 7) is 3.84. The maximum absolute atomic E-state index is 12.8. The number of nitro benzene ring substituents is 1. The SMILES string of the molecule is Cc1cc(N)c([N+](=O)[O-])cc1S(=O)(=O)N1CCSCC1C. The van der Waals surface area contributed by atoms with Crippen molar-refractivity contribution in [3.63, 3.8) is 0 Å². The predicted octanol–water partition coefficient (Wildman–Crippen LogP) is 1.61. The number of rotatable bonds is 3. The van der Waals surface area contributed by atoms with Crippen LogP contribution in [0.25, 0.3) is 0 Å². The molecular formula is C12H17N3O4S2. The van der Waals surface area contributed by atoms with Gasteiger partial charge in [0.15, 0.2) is 0 Å². The quantitative estimate of drug-likeness (QED) is 0.512. The minimum Gasteiger partial charge on any atom is -0.393 e. The van der Waals surface area contributed by atoms with Crippen LogP contribution < -0.4 is 5.73 Å². The van der Waals surface area contributed by atoms with Gasteiger partial charge in [-0.05, 0) is 25.5 Å². The molecule has 9 heteroatoms. The molecule has 1 fully saturated rings. The van der Waals surface area contributed by atoms with E-state index in [0.29, 0.717) is 12.1 Å². The fourth-order valence-electron chi connectivity index (χ4n) is 2.33. The zero-order valence-corrected chi connectivity index (χ0v) is 13.4. The number of thioether (sulfide) groups is 1. The lowest BCUT2D eigenvalue weighted by atomic mass is 10.2. The van der Waals surface area contributed by atoms with Gasteiger partial charge in [-0.3, -0.25) is 10.1 Å². The molecule has 1 aliphatic heterocycles. The minimum atomic E-state index is -3.75. The van der Waals surface area contributed by atoms with E-state index in [2.05, 4.69) is 0 Å². The van der Waals surface area contributed by atoms with Gasteiger partial charge in [0, 0.05) is 30.2 Å². The van der Waals surface area contributed by atoms with E-state index in [1.165, 1.54) is 10.4 Å². The van der Waals surface area contributed by atoms with Crippen LogP contribution in [0.1, 0.15) is 12.5 Å². The van der Waals surface area contributed by atoms with Gasteiger partial charge >= 0.3 is 0 Å². The molecule has 1 unspecified atom stereocenters. The highest BCUT2D eigenvalue weighted by Gasteiger charge is 2.33. The third kappa shape index (κ3) is 2.99. The first-order chi connectivity index (χ1) is 9.75. The first kappa shape index (κ1) is 16.1. The van der Waals surface area contributed by atoms with Gasteiger partial charge in [-0.2, -0.15) is 16.1 Å². The Hall–Kier alpha value is -1.32. The number of nitro groups is 1. The summed E-state index contributed by atoms with van der Waals surface area (Å²) in [6.07, 6.45) is 0. The van der Waals surface area contributed by atoms with Crippen molar-refractivity contribution >= 4 is 33.2 Å². The normalized spacial score (nSPS) is 20.4. The average Bonchev–Trinajstić information content (AvgIpc) is 2.38. The van der Waals surface area contributed by atoms with Crippen molar-refractivity contribution in [3.05, 3.63) is 27.8 Å². The Balaban J connectivity index is 2.54. The van der Waals surface area contributed by atoms with Gasteiger partial charge in [-0.15, -0.1) is 0 Å². The van der Waals surface area contributed by atoms with E-state index < -0.39 is 14.9 Å². The van der Waals surface area contributed by atoms with Crippen LogP contribution in [0.3, 0.4) is 0 Å². The molecule has 21 heavy (non-hydrogen) atoms. The van der Waals surface area contributed by atoms with Crippen LogP contribution in [0.2, 0.25) is 0 Å². The molecule has 2 rings (SSSR count). The molecule has 0 spiro atoms. The Morgan fingerprint density at radius 1 is 1.48 bits per heavy atom. The Morgan fingerprint density at radius 2 is 2.14 bits per heavy atom. The van der Waals surface area contributed by atoms with Crippen molar-refractivity contribution in [1.82, 2.24) is 4.31 Å². The lowest BCUT2D eigenvalue weighted by molar-refractivity contribution is -0.384. The molecular weight excluding hydrogens is 314 g/mol. The molecule has 1 heterocycles. The third-order valence-electron chi connectivity index (χ3n) is 3.41. The maximum atomic E-state index is 12.8. The van der Waals surface area contributed by atoms with Gasteiger partial charge in [0.05, 0.1) is 9.82 Å². The highest BCUT2D eigenvalue weighted by Crippen LogP contribution is 2.32. The van der Waals surface area contributed by atoms with Gasteiger partial charge in [0.1, 0.15) is 5.69 Å². The standard InChI is InChI=1S/C12H17N3O4S2/c1-8-5-10(13)11(15(16)17)6-12(8)21(18,19)14-3-4-20-7-9(14)2/h5-6,9H,3-4,7,13H2,1-2H3. The summed E-state index contributed by atoms with van der Waals surface area (Å²) in [5, 5.41) is 11.0. The summed E-state index contributed by atoms with van der Waals surface area (Å²) in [4.78, 5) is 10.3. The molecule has 0 aliphatic carbocycles. The van der Waals surface area contributed by atoms with Crippen molar-refractivity contribution in [2.75, 3.05) is 23.8 Å². The van der Waals surface area contributed by atoms with Gasteiger partial charge in [-0.1, -0.05) is 0 Å². The van der Waals surface area contributed by atoms with E-state index in [1.807, 2.05) is 6.92 Å². The molecule has 1 aliphatic rings. The summed E-state index contributed by atoms with van der Waals surface area (Å²) < 4.78 is 26.9. The second kappa shape index (κ2) is 5.82. The van der Waals surface area contributed by atoms with Crippen molar-refractivity contribution in [2.45, 2.75) is 24.8 Å². The second-order valence-electron chi connectivity index (χ2n) is 4.97.